The van der Waals surface area contributed by atoms with Crippen LogP contribution in [-0.4, -0.2) is 77.1 Å². The summed E-state index contributed by atoms with van der Waals surface area (Å²) in [5.41, 5.74) is 0. The van der Waals surface area contributed by atoms with E-state index in [1.54, 1.807) is 6.33 Å². The zero-order valence-corrected chi connectivity index (χ0v) is 16.6. The van der Waals surface area contributed by atoms with E-state index in [2.05, 4.69) is 63.1 Å². The fourth-order valence-electron chi connectivity index (χ4n) is 2.76. The van der Waals surface area contributed by atoms with Crippen LogP contribution < -0.4 is 10.6 Å². The van der Waals surface area contributed by atoms with Gasteiger partial charge in [-0.2, -0.15) is 4.98 Å². The molecule has 0 aliphatic heterocycles. The minimum absolute atomic E-state index is 0.651. The maximum absolute atomic E-state index is 4.43. The molecular formula is C18H37N7. The summed E-state index contributed by atoms with van der Waals surface area (Å²) in [5.74, 6) is 1.30. The van der Waals surface area contributed by atoms with Gasteiger partial charge in [-0.3, -0.25) is 0 Å². The van der Waals surface area contributed by atoms with Gasteiger partial charge in [0, 0.05) is 13.1 Å². The molecule has 1 rings (SSSR count). The Bertz CT molecular complexity index is 437. The monoisotopic (exact) mass is 351 g/mol. The van der Waals surface area contributed by atoms with Crippen molar-refractivity contribution >= 4 is 11.9 Å². The van der Waals surface area contributed by atoms with Crippen molar-refractivity contribution in [3.05, 3.63) is 6.33 Å². The zero-order valence-electron chi connectivity index (χ0n) is 16.6. The lowest BCUT2D eigenvalue weighted by atomic mass is 10.3. The first-order valence-corrected chi connectivity index (χ1v) is 9.84. The quantitative estimate of drug-likeness (QED) is 0.471. The van der Waals surface area contributed by atoms with Crippen molar-refractivity contribution in [1.82, 2.24) is 24.8 Å². The van der Waals surface area contributed by atoms with Gasteiger partial charge in [-0.05, 0) is 58.5 Å². The zero-order chi connectivity index (χ0) is 18.3. The Morgan fingerprint density at radius 1 is 0.760 bits per heavy atom. The predicted molar refractivity (Wildman–Crippen MR) is 106 cm³/mol. The SMILES string of the molecule is CCCN(CC)CCCNc1ncnc(NCCCN(CC)CC)n1. The van der Waals surface area contributed by atoms with Crippen molar-refractivity contribution in [2.75, 3.05) is 63.0 Å². The van der Waals surface area contributed by atoms with Crippen LogP contribution in [0.4, 0.5) is 11.9 Å². The molecule has 7 nitrogen and oxygen atoms in total. The summed E-state index contributed by atoms with van der Waals surface area (Å²) in [4.78, 5) is 17.7. The topological polar surface area (TPSA) is 69.2 Å². The number of rotatable bonds is 15. The second kappa shape index (κ2) is 13.8. The van der Waals surface area contributed by atoms with E-state index in [1.807, 2.05) is 0 Å². The number of hydrogen-bond acceptors (Lipinski definition) is 7. The molecule has 7 heteroatoms. The Labute approximate surface area is 153 Å². The highest BCUT2D eigenvalue weighted by atomic mass is 15.2. The van der Waals surface area contributed by atoms with Crippen molar-refractivity contribution in [3.63, 3.8) is 0 Å². The summed E-state index contributed by atoms with van der Waals surface area (Å²) >= 11 is 0. The molecule has 0 amide bonds. The van der Waals surface area contributed by atoms with Crippen molar-refractivity contribution in [1.29, 1.82) is 0 Å². The van der Waals surface area contributed by atoms with Crippen LogP contribution in [0.15, 0.2) is 6.33 Å². The summed E-state index contributed by atoms with van der Waals surface area (Å²) in [5, 5.41) is 6.58. The van der Waals surface area contributed by atoms with Crippen LogP contribution in [0.3, 0.4) is 0 Å². The van der Waals surface area contributed by atoms with Crippen molar-refractivity contribution in [3.8, 4) is 0 Å². The van der Waals surface area contributed by atoms with E-state index in [0.717, 1.165) is 58.7 Å². The number of nitrogens with one attached hydrogen (secondary N) is 2. The lowest BCUT2D eigenvalue weighted by Crippen LogP contribution is -2.26. The number of nitrogens with zero attached hydrogens (tertiary/aromatic N) is 5. The third-order valence-corrected chi connectivity index (χ3v) is 4.32. The molecule has 0 bridgehead atoms. The van der Waals surface area contributed by atoms with Gasteiger partial charge in [0.05, 0.1) is 0 Å². The second-order valence-electron chi connectivity index (χ2n) is 6.15. The van der Waals surface area contributed by atoms with Crippen LogP contribution in [0.2, 0.25) is 0 Å². The van der Waals surface area contributed by atoms with Crippen LogP contribution in [0.25, 0.3) is 0 Å². The first kappa shape index (κ1) is 21.6. The molecule has 0 aromatic carbocycles. The summed E-state index contributed by atoms with van der Waals surface area (Å²) < 4.78 is 0. The average Bonchev–Trinajstić information content (AvgIpc) is 2.64. The maximum Gasteiger partial charge on any atom is 0.227 e. The van der Waals surface area contributed by atoms with Gasteiger partial charge in [0.25, 0.3) is 0 Å². The molecule has 0 radical (unpaired) electrons. The largest absolute Gasteiger partial charge is 0.354 e. The standard InChI is InChI=1S/C18H37N7/c1-5-13-25(8-4)15-10-12-20-18-22-16-21-17(23-18)19-11-9-14-24(6-2)7-3/h16H,5-15H2,1-4H3,(H2,19,20,21,22,23). The number of aromatic nitrogens is 3. The summed E-state index contributed by atoms with van der Waals surface area (Å²) in [6, 6.07) is 0. The molecule has 0 aliphatic rings. The van der Waals surface area contributed by atoms with Gasteiger partial charge in [0.2, 0.25) is 11.9 Å². The van der Waals surface area contributed by atoms with Gasteiger partial charge < -0.3 is 20.4 Å². The van der Waals surface area contributed by atoms with Gasteiger partial charge in [-0.1, -0.05) is 27.7 Å². The normalized spacial score (nSPS) is 11.3. The molecule has 0 fully saturated rings. The summed E-state index contributed by atoms with van der Waals surface area (Å²) in [7, 11) is 0. The van der Waals surface area contributed by atoms with Crippen LogP contribution >= 0.6 is 0 Å². The molecule has 1 aromatic rings. The molecule has 0 atom stereocenters. The highest BCUT2D eigenvalue weighted by molar-refractivity contribution is 5.32. The van der Waals surface area contributed by atoms with Crippen LogP contribution in [0, 0.1) is 0 Å². The minimum atomic E-state index is 0.651. The summed E-state index contributed by atoms with van der Waals surface area (Å²) in [6.45, 7) is 17.3. The first-order valence-electron chi connectivity index (χ1n) is 9.84. The van der Waals surface area contributed by atoms with E-state index in [0.29, 0.717) is 11.9 Å². The maximum atomic E-state index is 4.43. The molecule has 0 saturated heterocycles. The molecule has 2 N–H and O–H groups in total. The van der Waals surface area contributed by atoms with E-state index in [-0.39, 0.29) is 0 Å². The fourth-order valence-corrected chi connectivity index (χ4v) is 2.76. The third kappa shape index (κ3) is 9.55. The van der Waals surface area contributed by atoms with Crippen molar-refractivity contribution in [2.45, 2.75) is 47.0 Å². The second-order valence-corrected chi connectivity index (χ2v) is 6.15. The van der Waals surface area contributed by atoms with Gasteiger partial charge >= 0.3 is 0 Å². The Morgan fingerprint density at radius 2 is 1.28 bits per heavy atom. The number of anilines is 2. The first-order chi connectivity index (χ1) is 12.2. The highest BCUT2D eigenvalue weighted by Crippen LogP contribution is 2.03. The van der Waals surface area contributed by atoms with Gasteiger partial charge in [-0.15, -0.1) is 0 Å². The molecule has 1 aromatic heterocycles. The molecule has 25 heavy (non-hydrogen) atoms. The molecule has 144 valence electrons. The molecule has 1 heterocycles. The third-order valence-electron chi connectivity index (χ3n) is 4.32. The summed E-state index contributed by atoms with van der Waals surface area (Å²) in [6.07, 6.45) is 4.95. The van der Waals surface area contributed by atoms with Crippen molar-refractivity contribution in [2.24, 2.45) is 0 Å². The van der Waals surface area contributed by atoms with E-state index < -0.39 is 0 Å². The highest BCUT2D eigenvalue weighted by Gasteiger charge is 2.03. The smallest absolute Gasteiger partial charge is 0.227 e. The Kier molecular flexibility index (Phi) is 11.9. The van der Waals surface area contributed by atoms with Crippen LogP contribution in [-0.2, 0) is 0 Å². The fraction of sp³-hybridized carbons (Fsp3) is 0.833. The Balaban J connectivity index is 2.25. The van der Waals surface area contributed by atoms with Gasteiger partial charge in [-0.25, -0.2) is 9.97 Å². The van der Waals surface area contributed by atoms with E-state index >= 15 is 0 Å². The Morgan fingerprint density at radius 3 is 1.76 bits per heavy atom. The van der Waals surface area contributed by atoms with Crippen LogP contribution in [0.5, 0.6) is 0 Å². The molecule has 0 unspecified atom stereocenters. The van der Waals surface area contributed by atoms with E-state index in [1.165, 1.54) is 13.0 Å². The van der Waals surface area contributed by atoms with E-state index in [9.17, 15) is 0 Å². The molecule has 0 saturated carbocycles. The Hall–Kier alpha value is -1.47. The predicted octanol–water partition coefficient (Wildman–Crippen LogP) is 2.55. The molecular weight excluding hydrogens is 314 g/mol. The van der Waals surface area contributed by atoms with Gasteiger partial charge in [0.1, 0.15) is 6.33 Å². The minimum Gasteiger partial charge on any atom is -0.354 e. The number of hydrogen-bond donors (Lipinski definition) is 2. The average molecular weight is 352 g/mol. The lowest BCUT2D eigenvalue weighted by molar-refractivity contribution is 0.288. The molecule has 0 aliphatic carbocycles. The van der Waals surface area contributed by atoms with E-state index in [4.69, 9.17) is 0 Å². The lowest BCUT2D eigenvalue weighted by Gasteiger charge is -2.19. The molecule has 0 spiro atoms. The van der Waals surface area contributed by atoms with Gasteiger partial charge in [0.15, 0.2) is 0 Å². The van der Waals surface area contributed by atoms with Crippen molar-refractivity contribution < 1.29 is 0 Å². The van der Waals surface area contributed by atoms with Crippen LogP contribution in [0.1, 0.15) is 47.0 Å².